The van der Waals surface area contributed by atoms with Crippen molar-refractivity contribution in [2.24, 2.45) is 0 Å². The average Bonchev–Trinajstić information content (AvgIpc) is 2.78. The lowest BCUT2D eigenvalue weighted by molar-refractivity contribution is -0.142. The van der Waals surface area contributed by atoms with Gasteiger partial charge in [0.1, 0.15) is 17.6 Å². The summed E-state index contributed by atoms with van der Waals surface area (Å²) >= 11 is 9.32. The zero-order valence-corrected chi connectivity index (χ0v) is 20.3. The van der Waals surface area contributed by atoms with Crippen molar-refractivity contribution in [3.63, 3.8) is 0 Å². The van der Waals surface area contributed by atoms with Crippen LogP contribution in [-0.2, 0) is 16.1 Å². The van der Waals surface area contributed by atoms with Crippen LogP contribution in [0.2, 0.25) is 5.02 Å². The Balaban J connectivity index is 1.71. The molecular weight excluding hydrogens is 499 g/mol. The maximum absolute atomic E-state index is 13.3. The topological polar surface area (TPSA) is 58.6 Å². The Kier molecular flexibility index (Phi) is 8.93. The Bertz CT molecular complexity index is 935. The smallest absolute Gasteiger partial charge is 0.261 e. The van der Waals surface area contributed by atoms with Gasteiger partial charge in [0.05, 0.1) is 4.47 Å². The van der Waals surface area contributed by atoms with Crippen molar-refractivity contribution in [1.82, 2.24) is 10.2 Å². The number of nitrogens with zero attached hydrogens (tertiary/aromatic N) is 1. The van der Waals surface area contributed by atoms with Gasteiger partial charge >= 0.3 is 0 Å². The molecule has 1 atom stereocenters. The van der Waals surface area contributed by atoms with Gasteiger partial charge in [0, 0.05) is 17.6 Å². The number of rotatable bonds is 8. The maximum Gasteiger partial charge on any atom is 0.261 e. The van der Waals surface area contributed by atoms with E-state index in [4.69, 9.17) is 16.3 Å². The van der Waals surface area contributed by atoms with Gasteiger partial charge in [-0.1, -0.05) is 43.0 Å². The highest BCUT2D eigenvalue weighted by Gasteiger charge is 2.28. The Hall–Kier alpha value is -2.12. The van der Waals surface area contributed by atoms with E-state index < -0.39 is 6.04 Å². The van der Waals surface area contributed by atoms with Crippen LogP contribution in [-0.4, -0.2) is 35.4 Å². The van der Waals surface area contributed by atoms with Crippen LogP contribution < -0.4 is 10.1 Å². The van der Waals surface area contributed by atoms with E-state index in [1.54, 1.807) is 37.3 Å². The maximum atomic E-state index is 13.3. The molecule has 2 aromatic rings. The van der Waals surface area contributed by atoms with Gasteiger partial charge in [-0.3, -0.25) is 9.59 Å². The van der Waals surface area contributed by atoms with Gasteiger partial charge < -0.3 is 15.0 Å². The van der Waals surface area contributed by atoms with E-state index in [2.05, 4.69) is 21.2 Å². The van der Waals surface area contributed by atoms with E-state index in [1.165, 1.54) is 23.5 Å². The first-order chi connectivity index (χ1) is 15.3. The zero-order chi connectivity index (χ0) is 23.1. The van der Waals surface area contributed by atoms with Gasteiger partial charge in [-0.25, -0.2) is 4.39 Å². The molecule has 1 fully saturated rings. The van der Waals surface area contributed by atoms with Crippen molar-refractivity contribution in [1.29, 1.82) is 0 Å². The fourth-order valence-corrected chi connectivity index (χ4v) is 4.55. The fourth-order valence-electron chi connectivity index (χ4n) is 3.75. The van der Waals surface area contributed by atoms with Crippen LogP contribution in [0.5, 0.6) is 5.75 Å². The number of carbonyl (C=O) groups excluding carboxylic acids is 2. The molecule has 1 aliphatic carbocycles. The molecule has 0 heterocycles. The minimum atomic E-state index is -0.702. The first-order valence-electron chi connectivity index (χ1n) is 10.8. The molecule has 1 unspecified atom stereocenters. The summed E-state index contributed by atoms with van der Waals surface area (Å²) < 4.78 is 19.6. The second-order valence-corrected chi connectivity index (χ2v) is 9.32. The van der Waals surface area contributed by atoms with Crippen LogP contribution in [0.25, 0.3) is 0 Å². The molecule has 0 radical (unpaired) electrons. The van der Waals surface area contributed by atoms with E-state index in [-0.39, 0.29) is 36.8 Å². The van der Waals surface area contributed by atoms with Gasteiger partial charge in [-0.15, -0.1) is 0 Å². The zero-order valence-electron chi connectivity index (χ0n) is 18.0. The number of halogens is 3. The molecule has 1 saturated carbocycles. The molecule has 1 N–H and O–H groups in total. The summed E-state index contributed by atoms with van der Waals surface area (Å²) in [5.74, 6) is -0.420. The van der Waals surface area contributed by atoms with Crippen molar-refractivity contribution < 1.29 is 18.7 Å². The third-order valence-electron chi connectivity index (χ3n) is 5.63. The van der Waals surface area contributed by atoms with Gasteiger partial charge in [-0.05, 0) is 71.6 Å². The summed E-state index contributed by atoms with van der Waals surface area (Å²) in [6.07, 6.45) is 5.30. The molecule has 32 heavy (non-hydrogen) atoms. The molecule has 1 aliphatic rings. The summed E-state index contributed by atoms with van der Waals surface area (Å²) in [6, 6.07) is 10.4. The summed E-state index contributed by atoms with van der Waals surface area (Å²) in [5, 5.41) is 3.63. The fraction of sp³-hybridized carbons (Fsp3) is 0.417. The van der Waals surface area contributed by atoms with Crippen LogP contribution in [0.15, 0.2) is 46.9 Å². The van der Waals surface area contributed by atoms with Crippen LogP contribution in [0, 0.1) is 5.82 Å². The molecule has 2 amide bonds. The largest absolute Gasteiger partial charge is 0.483 e. The molecule has 5 nitrogen and oxygen atoms in total. The minimum Gasteiger partial charge on any atom is -0.483 e. The summed E-state index contributed by atoms with van der Waals surface area (Å²) in [6.45, 7) is 1.63. The van der Waals surface area contributed by atoms with Crippen molar-refractivity contribution >= 4 is 39.3 Å². The second kappa shape index (κ2) is 11.7. The van der Waals surface area contributed by atoms with Crippen molar-refractivity contribution in [2.75, 3.05) is 6.61 Å². The Morgan fingerprint density at radius 3 is 2.53 bits per heavy atom. The number of ether oxygens (including phenoxy) is 1. The lowest BCUT2D eigenvalue weighted by atomic mass is 9.95. The third kappa shape index (κ3) is 6.94. The van der Waals surface area contributed by atoms with E-state index in [1.807, 2.05) is 0 Å². The Morgan fingerprint density at radius 2 is 1.88 bits per heavy atom. The number of amides is 2. The highest BCUT2D eigenvalue weighted by Crippen LogP contribution is 2.28. The molecule has 0 spiro atoms. The van der Waals surface area contributed by atoms with Gasteiger partial charge in [0.25, 0.3) is 5.91 Å². The second-order valence-electron chi connectivity index (χ2n) is 8.03. The van der Waals surface area contributed by atoms with Crippen LogP contribution in [0.4, 0.5) is 4.39 Å². The van der Waals surface area contributed by atoms with Crippen molar-refractivity contribution in [3.05, 3.63) is 63.3 Å². The first-order valence-corrected chi connectivity index (χ1v) is 11.9. The van der Waals surface area contributed by atoms with Crippen LogP contribution in [0.1, 0.15) is 44.6 Å². The predicted molar refractivity (Wildman–Crippen MR) is 126 cm³/mol. The number of hydrogen-bond donors (Lipinski definition) is 1. The molecule has 0 aromatic heterocycles. The third-order valence-corrected chi connectivity index (χ3v) is 6.48. The van der Waals surface area contributed by atoms with E-state index >= 15 is 0 Å². The lowest BCUT2D eigenvalue weighted by Crippen LogP contribution is -2.51. The molecule has 2 aromatic carbocycles. The summed E-state index contributed by atoms with van der Waals surface area (Å²) in [4.78, 5) is 27.5. The highest BCUT2D eigenvalue weighted by molar-refractivity contribution is 9.10. The molecule has 0 bridgehead atoms. The molecule has 3 rings (SSSR count). The number of benzene rings is 2. The molecular formula is C24H27BrClFN2O3. The van der Waals surface area contributed by atoms with Gasteiger partial charge in [0.15, 0.2) is 6.61 Å². The minimum absolute atomic E-state index is 0.141. The Morgan fingerprint density at radius 1 is 1.19 bits per heavy atom. The van der Waals surface area contributed by atoms with E-state index in [0.717, 1.165) is 31.2 Å². The summed E-state index contributed by atoms with van der Waals surface area (Å²) in [5.41, 5.74) is 0.727. The van der Waals surface area contributed by atoms with Gasteiger partial charge in [-0.2, -0.15) is 0 Å². The molecule has 172 valence electrons. The van der Waals surface area contributed by atoms with Crippen LogP contribution in [0.3, 0.4) is 0 Å². The standard InChI is InChI=1S/C24H27BrClFN2O3/c1-16(24(31)28-20-5-3-2-4-6-20)29(14-17-7-10-19(27)11-8-17)23(30)15-32-22-12-9-18(26)13-21(22)25/h7-13,16,20H,2-6,14-15H2,1H3,(H,28,31). The molecule has 0 saturated heterocycles. The lowest BCUT2D eigenvalue weighted by Gasteiger charge is -2.31. The quantitative estimate of drug-likeness (QED) is 0.496. The summed E-state index contributed by atoms with van der Waals surface area (Å²) in [7, 11) is 0. The predicted octanol–water partition coefficient (Wildman–Crippen LogP) is 5.49. The highest BCUT2D eigenvalue weighted by atomic mass is 79.9. The molecule has 8 heteroatoms. The molecule has 0 aliphatic heterocycles. The number of nitrogens with one attached hydrogen (secondary N) is 1. The average molecular weight is 526 g/mol. The number of carbonyl (C=O) groups is 2. The van der Waals surface area contributed by atoms with Crippen molar-refractivity contribution in [2.45, 2.75) is 57.7 Å². The van der Waals surface area contributed by atoms with E-state index in [9.17, 15) is 14.0 Å². The SMILES string of the molecule is CC(C(=O)NC1CCCCC1)N(Cc1ccc(F)cc1)C(=O)COc1ccc(Cl)cc1Br. The number of hydrogen-bond acceptors (Lipinski definition) is 3. The first kappa shape index (κ1) is 24.5. The normalized spacial score (nSPS) is 15.1. The van der Waals surface area contributed by atoms with E-state index in [0.29, 0.717) is 15.2 Å². The van der Waals surface area contributed by atoms with Crippen LogP contribution >= 0.6 is 27.5 Å². The monoisotopic (exact) mass is 524 g/mol. The Labute approximate surface area is 201 Å². The van der Waals surface area contributed by atoms with Gasteiger partial charge in [0.2, 0.25) is 5.91 Å². The van der Waals surface area contributed by atoms with Crippen molar-refractivity contribution in [3.8, 4) is 5.75 Å².